The minimum absolute atomic E-state index is 0.0753. The van der Waals surface area contributed by atoms with E-state index in [0.29, 0.717) is 19.7 Å². The second-order valence-corrected chi connectivity index (χ2v) is 6.62. The fourth-order valence-corrected chi connectivity index (χ4v) is 4.08. The quantitative estimate of drug-likeness (QED) is 0.750. The predicted molar refractivity (Wildman–Crippen MR) is 59.5 cm³/mol. The molecule has 16 heavy (non-hydrogen) atoms. The van der Waals surface area contributed by atoms with Crippen LogP contribution in [0.25, 0.3) is 0 Å². The number of sulfonamides is 1. The number of nitrogens with zero attached hydrogens (tertiary/aromatic N) is 1. The highest BCUT2D eigenvalue weighted by atomic mass is 32.2. The van der Waals surface area contributed by atoms with E-state index >= 15 is 0 Å². The van der Waals surface area contributed by atoms with Gasteiger partial charge in [-0.15, -0.1) is 0 Å². The molecule has 6 heteroatoms. The van der Waals surface area contributed by atoms with Crippen molar-refractivity contribution in [3.05, 3.63) is 0 Å². The monoisotopic (exact) mass is 249 g/mol. The Morgan fingerprint density at radius 2 is 2.19 bits per heavy atom. The molecule has 0 aromatic heterocycles. The molecule has 5 nitrogen and oxygen atoms in total. The normalized spacial score (nSPS) is 32.3. The molecule has 2 aliphatic heterocycles. The van der Waals surface area contributed by atoms with Crippen molar-refractivity contribution in [1.82, 2.24) is 4.31 Å². The number of ether oxygens (including phenoxy) is 1. The molecule has 2 saturated heterocycles. The summed E-state index contributed by atoms with van der Waals surface area (Å²) < 4.78 is 30.9. The molecule has 0 amide bonds. The van der Waals surface area contributed by atoms with E-state index < -0.39 is 10.0 Å². The maximum Gasteiger partial charge on any atom is 0.216 e. The van der Waals surface area contributed by atoms with E-state index in [9.17, 15) is 8.42 Å². The highest BCUT2D eigenvalue weighted by molar-refractivity contribution is 7.89. The standard InChI is InChI=1S/C10H19NO4S/c12-7-9-3-4-11(6-9)16(13,14)8-10-2-1-5-15-10/h9-10,12H,1-8H2. The van der Waals surface area contributed by atoms with Crippen molar-refractivity contribution in [2.24, 2.45) is 5.92 Å². The molecule has 2 heterocycles. The lowest BCUT2D eigenvalue weighted by Crippen LogP contribution is -2.35. The minimum atomic E-state index is -3.19. The fraction of sp³-hybridized carbons (Fsp3) is 1.00. The molecule has 2 atom stereocenters. The summed E-state index contributed by atoms with van der Waals surface area (Å²) in [7, 11) is -3.19. The first kappa shape index (κ1) is 12.3. The van der Waals surface area contributed by atoms with Crippen molar-refractivity contribution < 1.29 is 18.3 Å². The van der Waals surface area contributed by atoms with Gasteiger partial charge >= 0.3 is 0 Å². The van der Waals surface area contributed by atoms with Gasteiger partial charge in [0.15, 0.2) is 0 Å². The van der Waals surface area contributed by atoms with E-state index in [1.165, 1.54) is 4.31 Å². The zero-order chi connectivity index (χ0) is 11.6. The summed E-state index contributed by atoms with van der Waals surface area (Å²) in [6.07, 6.45) is 2.44. The number of rotatable bonds is 4. The topological polar surface area (TPSA) is 66.8 Å². The van der Waals surface area contributed by atoms with Crippen molar-refractivity contribution in [2.45, 2.75) is 25.4 Å². The van der Waals surface area contributed by atoms with Crippen LogP contribution in [-0.4, -0.2) is 56.0 Å². The number of hydrogen-bond donors (Lipinski definition) is 1. The van der Waals surface area contributed by atoms with E-state index in [2.05, 4.69) is 0 Å². The molecule has 0 aromatic rings. The second kappa shape index (κ2) is 5.00. The van der Waals surface area contributed by atoms with Crippen molar-refractivity contribution in [3.8, 4) is 0 Å². The molecule has 0 aliphatic carbocycles. The summed E-state index contributed by atoms with van der Waals surface area (Å²) in [5.41, 5.74) is 0. The summed E-state index contributed by atoms with van der Waals surface area (Å²) in [5, 5.41) is 8.99. The van der Waals surface area contributed by atoms with Crippen molar-refractivity contribution >= 4 is 10.0 Å². The third-order valence-corrected chi connectivity index (χ3v) is 5.23. The maximum atomic E-state index is 12.0. The van der Waals surface area contributed by atoms with Gasteiger partial charge in [-0.1, -0.05) is 0 Å². The number of aliphatic hydroxyl groups is 1. The summed E-state index contributed by atoms with van der Waals surface area (Å²) in [6, 6.07) is 0. The molecular formula is C10H19NO4S. The predicted octanol–water partition coefficient (Wildman–Crippen LogP) is -0.191. The van der Waals surface area contributed by atoms with Gasteiger partial charge in [0.05, 0.1) is 11.9 Å². The molecule has 0 aromatic carbocycles. The van der Waals surface area contributed by atoms with Gasteiger partial charge in [-0.3, -0.25) is 0 Å². The first-order valence-corrected chi connectivity index (χ1v) is 7.43. The number of aliphatic hydroxyl groups excluding tert-OH is 1. The third kappa shape index (κ3) is 2.74. The molecule has 2 rings (SSSR count). The molecule has 2 unspecified atom stereocenters. The van der Waals surface area contributed by atoms with E-state index in [0.717, 1.165) is 19.3 Å². The Morgan fingerprint density at radius 1 is 1.38 bits per heavy atom. The van der Waals surface area contributed by atoms with E-state index in [1.807, 2.05) is 0 Å². The summed E-state index contributed by atoms with van der Waals surface area (Å²) in [4.78, 5) is 0. The van der Waals surface area contributed by atoms with Crippen LogP contribution in [0.5, 0.6) is 0 Å². The SMILES string of the molecule is O=S(=O)(CC1CCCO1)N1CCC(CO)C1. The average molecular weight is 249 g/mol. The van der Waals surface area contributed by atoms with E-state index in [1.54, 1.807) is 0 Å². The van der Waals surface area contributed by atoms with Crippen molar-refractivity contribution in [1.29, 1.82) is 0 Å². The molecule has 2 fully saturated rings. The molecule has 0 bridgehead atoms. The van der Waals surface area contributed by atoms with Crippen LogP contribution >= 0.6 is 0 Å². The van der Waals surface area contributed by atoms with E-state index in [4.69, 9.17) is 9.84 Å². The van der Waals surface area contributed by atoms with Gasteiger partial charge in [0.25, 0.3) is 0 Å². The summed E-state index contributed by atoms with van der Waals surface area (Å²) in [6.45, 7) is 1.76. The third-order valence-electron chi connectivity index (χ3n) is 3.32. The molecule has 2 aliphatic rings. The lowest BCUT2D eigenvalue weighted by molar-refractivity contribution is 0.126. The van der Waals surface area contributed by atoms with Crippen molar-refractivity contribution in [2.75, 3.05) is 32.1 Å². The summed E-state index contributed by atoms with van der Waals surface area (Å²) in [5.74, 6) is 0.213. The largest absolute Gasteiger partial charge is 0.396 e. The average Bonchev–Trinajstić information content (AvgIpc) is 2.85. The van der Waals surface area contributed by atoms with Crippen LogP contribution in [0, 0.1) is 5.92 Å². The second-order valence-electron chi connectivity index (χ2n) is 4.61. The molecular weight excluding hydrogens is 230 g/mol. The van der Waals surface area contributed by atoms with Gasteiger partial charge in [-0.25, -0.2) is 12.7 Å². The summed E-state index contributed by atoms with van der Waals surface area (Å²) >= 11 is 0. The maximum absolute atomic E-state index is 12.0. The Bertz CT molecular complexity index is 324. The van der Waals surface area contributed by atoms with Crippen LogP contribution in [-0.2, 0) is 14.8 Å². The Morgan fingerprint density at radius 3 is 2.75 bits per heavy atom. The lowest BCUT2D eigenvalue weighted by atomic mass is 10.1. The van der Waals surface area contributed by atoms with Crippen LogP contribution in [0.4, 0.5) is 0 Å². The first-order valence-electron chi connectivity index (χ1n) is 5.82. The number of hydrogen-bond acceptors (Lipinski definition) is 4. The zero-order valence-electron chi connectivity index (χ0n) is 9.34. The minimum Gasteiger partial charge on any atom is -0.396 e. The first-order chi connectivity index (χ1) is 7.62. The van der Waals surface area contributed by atoms with Crippen LogP contribution in [0.15, 0.2) is 0 Å². The molecule has 0 spiro atoms. The van der Waals surface area contributed by atoms with Crippen LogP contribution in [0.2, 0.25) is 0 Å². The van der Waals surface area contributed by atoms with Gasteiger partial charge in [0, 0.05) is 26.3 Å². The van der Waals surface area contributed by atoms with Crippen LogP contribution < -0.4 is 0 Å². The van der Waals surface area contributed by atoms with Gasteiger partial charge in [-0.2, -0.15) is 0 Å². The Labute approximate surface area is 96.4 Å². The van der Waals surface area contributed by atoms with Gasteiger partial charge in [0.1, 0.15) is 0 Å². The smallest absolute Gasteiger partial charge is 0.216 e. The van der Waals surface area contributed by atoms with Crippen molar-refractivity contribution in [3.63, 3.8) is 0 Å². The van der Waals surface area contributed by atoms with Crippen LogP contribution in [0.1, 0.15) is 19.3 Å². The molecule has 1 N–H and O–H groups in total. The van der Waals surface area contributed by atoms with Crippen LogP contribution in [0.3, 0.4) is 0 Å². The zero-order valence-corrected chi connectivity index (χ0v) is 10.2. The Kier molecular flexibility index (Phi) is 3.84. The van der Waals surface area contributed by atoms with Gasteiger partial charge in [0.2, 0.25) is 10.0 Å². The van der Waals surface area contributed by atoms with Gasteiger partial charge in [-0.05, 0) is 25.2 Å². The fourth-order valence-electron chi connectivity index (χ4n) is 2.31. The Balaban J connectivity index is 1.91. The lowest BCUT2D eigenvalue weighted by Gasteiger charge is -2.18. The van der Waals surface area contributed by atoms with Gasteiger partial charge < -0.3 is 9.84 Å². The molecule has 0 radical (unpaired) electrons. The molecule has 0 saturated carbocycles. The highest BCUT2D eigenvalue weighted by Crippen LogP contribution is 2.22. The molecule has 94 valence electrons. The highest BCUT2D eigenvalue weighted by Gasteiger charge is 2.33. The van der Waals surface area contributed by atoms with E-state index in [-0.39, 0.29) is 24.4 Å². The Hall–Kier alpha value is -0.170.